The van der Waals surface area contributed by atoms with Crippen molar-refractivity contribution in [3.63, 3.8) is 0 Å². The largest absolute Gasteiger partial charge is 0.510 e. The van der Waals surface area contributed by atoms with Crippen LogP contribution >= 0.6 is 0 Å². The summed E-state index contributed by atoms with van der Waals surface area (Å²) in [6.45, 7) is 9.26. The van der Waals surface area contributed by atoms with E-state index in [1.165, 1.54) is 0 Å². The lowest BCUT2D eigenvalue weighted by Crippen LogP contribution is -2.07. The van der Waals surface area contributed by atoms with Crippen LogP contribution in [0.15, 0.2) is 23.6 Å². The summed E-state index contributed by atoms with van der Waals surface area (Å²) in [5.74, 6) is 0.445. The number of allylic oxidation sites excluding steroid dienone is 2. The topological polar surface area (TPSA) is 46.2 Å². The van der Waals surface area contributed by atoms with Crippen LogP contribution in [0.3, 0.4) is 0 Å². The molecule has 0 unspecified atom stereocenters. The first-order valence-corrected chi connectivity index (χ1v) is 3.31. The SMILES string of the molecule is C=C(/C(N)=C(\C)O)C(C)C. The van der Waals surface area contributed by atoms with E-state index in [0.717, 1.165) is 5.57 Å². The second-order valence-electron chi connectivity index (χ2n) is 2.68. The van der Waals surface area contributed by atoms with Gasteiger partial charge in [-0.15, -0.1) is 0 Å². The van der Waals surface area contributed by atoms with Crippen LogP contribution in [0.25, 0.3) is 0 Å². The average molecular weight is 141 g/mol. The molecule has 0 spiro atoms. The quantitative estimate of drug-likeness (QED) is 0.456. The fourth-order valence-electron chi connectivity index (χ4n) is 0.543. The molecule has 0 aromatic heterocycles. The highest BCUT2D eigenvalue weighted by molar-refractivity contribution is 5.27. The van der Waals surface area contributed by atoms with Crippen LogP contribution in [0, 0.1) is 5.92 Å². The first kappa shape index (κ1) is 9.08. The summed E-state index contributed by atoms with van der Waals surface area (Å²) in [7, 11) is 0. The summed E-state index contributed by atoms with van der Waals surface area (Å²) >= 11 is 0. The molecule has 0 saturated heterocycles. The maximum Gasteiger partial charge on any atom is 0.112 e. The fourth-order valence-corrected chi connectivity index (χ4v) is 0.543. The molecule has 2 nitrogen and oxygen atoms in total. The monoisotopic (exact) mass is 141 g/mol. The van der Waals surface area contributed by atoms with Gasteiger partial charge in [-0.25, -0.2) is 0 Å². The molecule has 58 valence electrons. The minimum atomic E-state index is 0.152. The van der Waals surface area contributed by atoms with Crippen LogP contribution < -0.4 is 5.73 Å². The lowest BCUT2D eigenvalue weighted by molar-refractivity contribution is 0.406. The Balaban J connectivity index is 4.38. The molecule has 0 amide bonds. The van der Waals surface area contributed by atoms with E-state index >= 15 is 0 Å². The molecule has 0 atom stereocenters. The Morgan fingerprint density at radius 2 is 1.90 bits per heavy atom. The van der Waals surface area contributed by atoms with Crippen molar-refractivity contribution >= 4 is 0 Å². The van der Waals surface area contributed by atoms with E-state index in [4.69, 9.17) is 10.8 Å². The van der Waals surface area contributed by atoms with E-state index in [1.807, 2.05) is 13.8 Å². The minimum Gasteiger partial charge on any atom is -0.510 e. The highest BCUT2D eigenvalue weighted by Gasteiger charge is 2.04. The van der Waals surface area contributed by atoms with Gasteiger partial charge >= 0.3 is 0 Å². The van der Waals surface area contributed by atoms with Crippen LogP contribution in [0.1, 0.15) is 20.8 Å². The van der Waals surface area contributed by atoms with Crippen LogP contribution in [-0.4, -0.2) is 5.11 Å². The van der Waals surface area contributed by atoms with Gasteiger partial charge < -0.3 is 10.8 Å². The summed E-state index contributed by atoms with van der Waals surface area (Å²) in [6.07, 6.45) is 0. The van der Waals surface area contributed by atoms with Crippen LogP contribution in [0.4, 0.5) is 0 Å². The Bertz CT molecular complexity index is 164. The van der Waals surface area contributed by atoms with E-state index in [2.05, 4.69) is 6.58 Å². The van der Waals surface area contributed by atoms with Crippen molar-refractivity contribution in [2.75, 3.05) is 0 Å². The summed E-state index contributed by atoms with van der Waals surface area (Å²) in [4.78, 5) is 0. The number of nitrogens with two attached hydrogens (primary N) is 1. The third-order valence-corrected chi connectivity index (χ3v) is 1.43. The lowest BCUT2D eigenvalue weighted by Gasteiger charge is -2.09. The molecule has 0 radical (unpaired) electrons. The molecular weight excluding hydrogens is 126 g/mol. The number of rotatable bonds is 2. The maximum absolute atomic E-state index is 8.93. The molecule has 0 fully saturated rings. The number of hydrogen-bond donors (Lipinski definition) is 2. The van der Waals surface area contributed by atoms with Gasteiger partial charge in [0.2, 0.25) is 0 Å². The van der Waals surface area contributed by atoms with Gasteiger partial charge in [-0.1, -0.05) is 20.4 Å². The molecule has 3 N–H and O–H groups in total. The molecule has 0 rings (SSSR count). The molecule has 0 aromatic carbocycles. The standard InChI is InChI=1S/C8H15NO/c1-5(2)6(3)8(9)7(4)10/h5,10H,3,9H2,1-2,4H3/b8-7-. The highest BCUT2D eigenvalue weighted by atomic mass is 16.3. The number of aliphatic hydroxyl groups is 1. The van der Waals surface area contributed by atoms with Gasteiger partial charge in [-0.2, -0.15) is 0 Å². The van der Waals surface area contributed by atoms with Gasteiger partial charge in [0.25, 0.3) is 0 Å². The predicted octanol–water partition coefficient (Wildman–Crippen LogP) is 1.95. The summed E-state index contributed by atoms with van der Waals surface area (Å²) < 4.78 is 0. The summed E-state index contributed by atoms with van der Waals surface area (Å²) in [5, 5.41) is 8.93. The zero-order chi connectivity index (χ0) is 8.31. The molecule has 0 heterocycles. The van der Waals surface area contributed by atoms with Gasteiger partial charge in [0.1, 0.15) is 5.76 Å². The Morgan fingerprint density at radius 1 is 1.50 bits per heavy atom. The molecule has 0 bridgehead atoms. The predicted molar refractivity (Wildman–Crippen MR) is 43.5 cm³/mol. The second kappa shape index (κ2) is 3.30. The van der Waals surface area contributed by atoms with Crippen LogP contribution in [0.5, 0.6) is 0 Å². The maximum atomic E-state index is 8.93. The molecule has 0 aliphatic carbocycles. The number of hydrogen-bond acceptors (Lipinski definition) is 2. The summed E-state index contributed by atoms with van der Waals surface area (Å²) in [5.41, 5.74) is 6.69. The van der Waals surface area contributed by atoms with Crippen molar-refractivity contribution in [1.82, 2.24) is 0 Å². The zero-order valence-corrected chi connectivity index (χ0v) is 6.81. The second-order valence-corrected chi connectivity index (χ2v) is 2.68. The van der Waals surface area contributed by atoms with Crippen molar-refractivity contribution < 1.29 is 5.11 Å². The van der Waals surface area contributed by atoms with Crippen molar-refractivity contribution in [2.24, 2.45) is 11.7 Å². The van der Waals surface area contributed by atoms with Gasteiger partial charge in [0.15, 0.2) is 0 Å². The number of aliphatic hydroxyl groups excluding tert-OH is 1. The third kappa shape index (κ3) is 2.13. The lowest BCUT2D eigenvalue weighted by atomic mass is 10.0. The van der Waals surface area contributed by atoms with Gasteiger partial charge in [-0.3, -0.25) is 0 Å². The molecular formula is C8H15NO. The Labute approximate surface area is 62.0 Å². The molecule has 0 aliphatic heterocycles. The summed E-state index contributed by atoms with van der Waals surface area (Å²) in [6, 6.07) is 0. The Morgan fingerprint density at radius 3 is 2.00 bits per heavy atom. The van der Waals surface area contributed by atoms with Crippen molar-refractivity contribution in [3.8, 4) is 0 Å². The van der Waals surface area contributed by atoms with Crippen molar-refractivity contribution in [1.29, 1.82) is 0 Å². The average Bonchev–Trinajstić information content (AvgIpc) is 1.84. The van der Waals surface area contributed by atoms with E-state index in [1.54, 1.807) is 6.92 Å². The van der Waals surface area contributed by atoms with E-state index in [-0.39, 0.29) is 5.76 Å². The van der Waals surface area contributed by atoms with Crippen molar-refractivity contribution in [2.45, 2.75) is 20.8 Å². The highest BCUT2D eigenvalue weighted by Crippen LogP contribution is 2.14. The first-order chi connectivity index (χ1) is 4.46. The van der Waals surface area contributed by atoms with Crippen molar-refractivity contribution in [3.05, 3.63) is 23.6 Å². The smallest absolute Gasteiger partial charge is 0.112 e. The zero-order valence-electron chi connectivity index (χ0n) is 6.81. The van der Waals surface area contributed by atoms with Gasteiger partial charge in [0.05, 0.1) is 5.70 Å². The fraction of sp³-hybridized carbons (Fsp3) is 0.500. The normalized spacial score (nSPS) is 13.2. The van der Waals surface area contributed by atoms with Gasteiger partial charge in [0, 0.05) is 0 Å². The van der Waals surface area contributed by atoms with E-state index < -0.39 is 0 Å². The molecule has 2 heteroatoms. The van der Waals surface area contributed by atoms with E-state index in [9.17, 15) is 0 Å². The van der Waals surface area contributed by atoms with Crippen LogP contribution in [0.2, 0.25) is 0 Å². The Kier molecular flexibility index (Phi) is 3.00. The molecule has 0 aliphatic rings. The molecule has 10 heavy (non-hydrogen) atoms. The van der Waals surface area contributed by atoms with Crippen LogP contribution in [-0.2, 0) is 0 Å². The minimum absolute atomic E-state index is 0.152. The first-order valence-electron chi connectivity index (χ1n) is 3.31. The molecule has 0 aromatic rings. The third-order valence-electron chi connectivity index (χ3n) is 1.43. The van der Waals surface area contributed by atoms with E-state index in [0.29, 0.717) is 11.6 Å². The van der Waals surface area contributed by atoms with Gasteiger partial charge in [-0.05, 0) is 18.4 Å². The Hall–Kier alpha value is -0.920. The molecule has 0 saturated carbocycles.